The molecule has 4 rings (SSSR count). The number of rotatable bonds is 5. The molecule has 35 heavy (non-hydrogen) atoms. The predicted octanol–water partition coefficient (Wildman–Crippen LogP) is 2.02. The number of nitrogens with zero attached hydrogens (tertiary/aromatic N) is 2. The standard InChI is InChI=1S/C24H31FN4O6/c1-23(2,3)35-22(33)28(4)16(9-13-5-6-13)20(31)29-12-24(11-17(29)19(26)30)21(32)27-15-10-14(25)7-8-18(15)34-24/h7-8,10,13,16-17H,5-6,9,11-12H2,1-4H3,(H2,26,30)(H,27,32)/t16-,17-,24+/m0/s1. The molecule has 0 bridgehead atoms. The number of hydrogen-bond donors (Lipinski definition) is 2. The normalized spacial score (nSPS) is 24.3. The number of amides is 4. The van der Waals surface area contributed by atoms with Crippen LogP contribution in [0.2, 0.25) is 0 Å². The number of anilines is 1. The lowest BCUT2D eigenvalue weighted by molar-refractivity contribution is -0.142. The summed E-state index contributed by atoms with van der Waals surface area (Å²) in [6, 6.07) is 1.67. The van der Waals surface area contributed by atoms with Crippen LogP contribution < -0.4 is 15.8 Å². The van der Waals surface area contributed by atoms with Gasteiger partial charge in [-0.1, -0.05) is 12.8 Å². The maximum absolute atomic E-state index is 13.8. The number of benzene rings is 1. The summed E-state index contributed by atoms with van der Waals surface area (Å²) >= 11 is 0. The Labute approximate surface area is 202 Å². The number of likely N-dealkylation sites (N-methyl/N-ethyl adjacent to an activating group) is 1. The SMILES string of the molecule is CN(C(=O)OC(C)(C)C)[C@@H](CC1CC1)C(=O)N1C[C@@]2(C[C@H]1C(N)=O)Oc1ccc(F)cc1NC2=O. The molecule has 1 aromatic carbocycles. The van der Waals surface area contributed by atoms with Crippen molar-refractivity contribution in [1.82, 2.24) is 9.80 Å². The van der Waals surface area contributed by atoms with Crippen molar-refractivity contribution in [2.45, 2.75) is 69.7 Å². The first-order valence-corrected chi connectivity index (χ1v) is 11.7. The Morgan fingerprint density at radius 2 is 2.03 bits per heavy atom. The zero-order valence-electron chi connectivity index (χ0n) is 20.3. The van der Waals surface area contributed by atoms with Gasteiger partial charge in [-0.3, -0.25) is 19.3 Å². The number of likely N-dealkylation sites (tertiary alicyclic amines) is 1. The average molecular weight is 491 g/mol. The highest BCUT2D eigenvalue weighted by molar-refractivity contribution is 6.03. The van der Waals surface area contributed by atoms with E-state index in [2.05, 4.69) is 5.32 Å². The van der Waals surface area contributed by atoms with E-state index in [1.165, 1.54) is 29.0 Å². The summed E-state index contributed by atoms with van der Waals surface area (Å²) in [7, 11) is 1.48. The van der Waals surface area contributed by atoms with Gasteiger partial charge in [0.2, 0.25) is 17.4 Å². The van der Waals surface area contributed by atoms with Crippen LogP contribution in [0.4, 0.5) is 14.9 Å². The highest BCUT2D eigenvalue weighted by Crippen LogP contribution is 2.42. The third-order valence-electron chi connectivity index (χ3n) is 6.53. The maximum atomic E-state index is 13.8. The average Bonchev–Trinajstić information content (AvgIpc) is 3.49. The summed E-state index contributed by atoms with van der Waals surface area (Å²) in [5, 5.41) is 2.61. The largest absolute Gasteiger partial charge is 0.473 e. The fourth-order valence-corrected chi connectivity index (χ4v) is 4.52. The Balaban J connectivity index is 1.61. The molecule has 3 atom stereocenters. The molecule has 190 valence electrons. The van der Waals surface area contributed by atoms with Crippen LogP contribution in [-0.2, 0) is 19.1 Å². The van der Waals surface area contributed by atoms with E-state index in [0.717, 1.165) is 18.9 Å². The minimum absolute atomic E-state index is 0.164. The number of nitrogens with two attached hydrogens (primary N) is 1. The molecule has 1 aromatic rings. The molecule has 0 radical (unpaired) electrons. The number of carbonyl (C=O) groups is 4. The van der Waals surface area contributed by atoms with Gasteiger partial charge in [-0.15, -0.1) is 0 Å². The van der Waals surface area contributed by atoms with Crippen molar-refractivity contribution in [2.24, 2.45) is 11.7 Å². The van der Waals surface area contributed by atoms with E-state index in [4.69, 9.17) is 15.2 Å². The van der Waals surface area contributed by atoms with Crippen LogP contribution in [0, 0.1) is 11.7 Å². The molecule has 3 N–H and O–H groups in total. The molecule has 0 unspecified atom stereocenters. The Morgan fingerprint density at radius 3 is 2.63 bits per heavy atom. The highest BCUT2D eigenvalue weighted by Gasteiger charge is 2.57. The van der Waals surface area contributed by atoms with Gasteiger partial charge in [0.25, 0.3) is 5.91 Å². The Hall–Kier alpha value is -3.37. The van der Waals surface area contributed by atoms with Crippen molar-refractivity contribution in [3.8, 4) is 5.75 Å². The highest BCUT2D eigenvalue weighted by atomic mass is 19.1. The topological polar surface area (TPSA) is 131 Å². The molecular formula is C24H31FN4O6. The summed E-state index contributed by atoms with van der Waals surface area (Å²) in [6.07, 6.45) is 1.45. The lowest BCUT2D eigenvalue weighted by atomic mass is 9.96. The van der Waals surface area contributed by atoms with Crippen molar-refractivity contribution in [1.29, 1.82) is 0 Å². The first-order valence-electron chi connectivity index (χ1n) is 11.7. The predicted molar refractivity (Wildman–Crippen MR) is 123 cm³/mol. The molecular weight excluding hydrogens is 459 g/mol. The van der Waals surface area contributed by atoms with Gasteiger partial charge in [0.15, 0.2) is 0 Å². The molecule has 0 aromatic heterocycles. The van der Waals surface area contributed by atoms with E-state index in [9.17, 15) is 23.6 Å². The minimum atomic E-state index is -1.57. The second-order valence-electron chi connectivity index (χ2n) is 10.6. The Bertz CT molecular complexity index is 1070. The van der Waals surface area contributed by atoms with Gasteiger partial charge in [-0.05, 0) is 45.2 Å². The van der Waals surface area contributed by atoms with Gasteiger partial charge in [-0.2, -0.15) is 0 Å². The van der Waals surface area contributed by atoms with Gasteiger partial charge in [-0.25, -0.2) is 9.18 Å². The summed E-state index contributed by atoms with van der Waals surface area (Å²) in [6.45, 7) is 4.94. The van der Waals surface area contributed by atoms with Crippen LogP contribution in [-0.4, -0.2) is 70.5 Å². The summed E-state index contributed by atoms with van der Waals surface area (Å²) in [5.41, 5.74) is 3.47. The second-order valence-corrected chi connectivity index (χ2v) is 10.6. The first-order chi connectivity index (χ1) is 16.3. The smallest absolute Gasteiger partial charge is 0.410 e. The number of hydrogen-bond acceptors (Lipinski definition) is 6. The first kappa shape index (κ1) is 24.7. The molecule has 1 aliphatic carbocycles. The third kappa shape index (κ3) is 5.03. The lowest BCUT2D eigenvalue weighted by Gasteiger charge is -2.35. The number of ether oxygens (including phenoxy) is 2. The number of carbonyl (C=O) groups excluding carboxylic acids is 4. The van der Waals surface area contributed by atoms with E-state index >= 15 is 0 Å². The fraction of sp³-hybridized carbons (Fsp3) is 0.583. The van der Waals surface area contributed by atoms with E-state index < -0.39 is 52.9 Å². The van der Waals surface area contributed by atoms with Gasteiger partial charge in [0.1, 0.15) is 29.3 Å². The molecule has 4 amide bonds. The van der Waals surface area contributed by atoms with E-state index in [1.54, 1.807) is 20.8 Å². The molecule has 10 nitrogen and oxygen atoms in total. The van der Waals surface area contributed by atoms with Crippen LogP contribution in [0.3, 0.4) is 0 Å². The van der Waals surface area contributed by atoms with Crippen molar-refractivity contribution in [2.75, 3.05) is 18.9 Å². The number of nitrogens with one attached hydrogen (secondary N) is 1. The van der Waals surface area contributed by atoms with Crippen molar-refractivity contribution in [3.05, 3.63) is 24.0 Å². The molecule has 2 aliphatic heterocycles. The molecule has 1 saturated heterocycles. The van der Waals surface area contributed by atoms with Crippen LogP contribution >= 0.6 is 0 Å². The molecule has 2 heterocycles. The van der Waals surface area contributed by atoms with E-state index in [0.29, 0.717) is 6.42 Å². The van der Waals surface area contributed by atoms with E-state index in [-0.39, 0.29) is 30.3 Å². The quantitative estimate of drug-likeness (QED) is 0.649. The summed E-state index contributed by atoms with van der Waals surface area (Å²) < 4.78 is 25.0. The summed E-state index contributed by atoms with van der Waals surface area (Å²) in [4.78, 5) is 54.5. The zero-order chi connectivity index (χ0) is 25.7. The van der Waals surface area contributed by atoms with Gasteiger partial charge in [0, 0.05) is 19.5 Å². The monoisotopic (exact) mass is 490 g/mol. The number of primary amides is 1. The van der Waals surface area contributed by atoms with Crippen LogP contribution in [0.15, 0.2) is 18.2 Å². The molecule has 3 aliphatic rings. The van der Waals surface area contributed by atoms with Crippen molar-refractivity contribution >= 4 is 29.5 Å². The van der Waals surface area contributed by atoms with E-state index in [1.807, 2.05) is 0 Å². The lowest BCUT2D eigenvalue weighted by Crippen LogP contribution is -2.56. The number of fused-ring (bicyclic) bond motifs is 1. The van der Waals surface area contributed by atoms with Crippen LogP contribution in [0.1, 0.15) is 46.5 Å². The minimum Gasteiger partial charge on any atom is -0.473 e. The van der Waals surface area contributed by atoms with Crippen LogP contribution in [0.25, 0.3) is 0 Å². The fourth-order valence-electron chi connectivity index (χ4n) is 4.52. The molecule has 2 fully saturated rings. The van der Waals surface area contributed by atoms with Crippen molar-refractivity contribution < 1.29 is 33.0 Å². The molecule has 11 heteroatoms. The second kappa shape index (κ2) is 8.69. The Morgan fingerprint density at radius 1 is 1.34 bits per heavy atom. The van der Waals surface area contributed by atoms with Crippen LogP contribution in [0.5, 0.6) is 5.75 Å². The van der Waals surface area contributed by atoms with Crippen molar-refractivity contribution in [3.63, 3.8) is 0 Å². The van der Waals surface area contributed by atoms with Gasteiger partial charge >= 0.3 is 6.09 Å². The van der Waals surface area contributed by atoms with Gasteiger partial charge < -0.3 is 25.4 Å². The molecule has 1 saturated carbocycles. The maximum Gasteiger partial charge on any atom is 0.410 e. The number of halogens is 1. The van der Waals surface area contributed by atoms with Gasteiger partial charge in [0.05, 0.1) is 12.2 Å². The zero-order valence-corrected chi connectivity index (χ0v) is 20.3. The third-order valence-corrected chi connectivity index (χ3v) is 6.53. The summed E-state index contributed by atoms with van der Waals surface area (Å²) in [5.74, 6) is -1.95. The molecule has 1 spiro atoms. The Kier molecular flexibility index (Phi) is 6.14.